The molecule has 17 heavy (non-hydrogen) atoms. The minimum absolute atomic E-state index is 0. The van der Waals surface area contributed by atoms with Crippen LogP contribution in [0.15, 0.2) is 17.6 Å². The van der Waals surface area contributed by atoms with Crippen molar-refractivity contribution in [1.82, 2.24) is 15.5 Å². The van der Waals surface area contributed by atoms with Crippen molar-refractivity contribution in [3.8, 4) is 0 Å². The molecular weight excluding hydrogens is 327 g/mol. The van der Waals surface area contributed by atoms with E-state index in [-0.39, 0.29) is 24.0 Å². The predicted octanol–water partition coefficient (Wildman–Crippen LogP) is 1.69. The van der Waals surface area contributed by atoms with Gasteiger partial charge in [-0.2, -0.15) is 0 Å². The average Bonchev–Trinajstić information content (AvgIpc) is 2.31. The van der Waals surface area contributed by atoms with Crippen LogP contribution in [0.5, 0.6) is 0 Å². The van der Waals surface area contributed by atoms with Crippen molar-refractivity contribution in [2.45, 2.75) is 26.8 Å². The van der Waals surface area contributed by atoms with Crippen LogP contribution in [-0.4, -0.2) is 50.1 Å². The Hall–Kier alpha value is -0.300. The first-order valence-corrected chi connectivity index (χ1v) is 5.98. The van der Waals surface area contributed by atoms with Gasteiger partial charge in [-0.1, -0.05) is 19.9 Å². The van der Waals surface area contributed by atoms with Crippen LogP contribution in [0.4, 0.5) is 0 Å². The maximum absolute atomic E-state index is 4.14. The van der Waals surface area contributed by atoms with E-state index in [1.54, 1.807) is 7.05 Å². The highest BCUT2D eigenvalue weighted by Gasteiger charge is 2.09. The molecule has 4 nitrogen and oxygen atoms in total. The van der Waals surface area contributed by atoms with E-state index in [2.05, 4.69) is 47.9 Å². The molecule has 0 saturated heterocycles. The molecular formula is C12H27IN4. The molecule has 1 atom stereocenters. The number of likely N-dealkylation sites (N-methyl/N-ethyl adjacent to an activating group) is 1. The van der Waals surface area contributed by atoms with Crippen LogP contribution in [0, 0.1) is 0 Å². The van der Waals surface area contributed by atoms with E-state index in [9.17, 15) is 0 Å². The summed E-state index contributed by atoms with van der Waals surface area (Å²) in [4.78, 5) is 6.55. The molecule has 0 rings (SSSR count). The highest BCUT2D eigenvalue weighted by atomic mass is 127. The van der Waals surface area contributed by atoms with Crippen molar-refractivity contribution in [3.63, 3.8) is 0 Å². The van der Waals surface area contributed by atoms with Crippen LogP contribution >= 0.6 is 24.0 Å². The quantitative estimate of drug-likeness (QED) is 0.316. The lowest BCUT2D eigenvalue weighted by atomic mass is 10.3. The van der Waals surface area contributed by atoms with E-state index in [1.165, 1.54) is 0 Å². The molecule has 2 N–H and O–H groups in total. The zero-order valence-electron chi connectivity index (χ0n) is 11.5. The van der Waals surface area contributed by atoms with Crippen molar-refractivity contribution in [1.29, 1.82) is 0 Å². The standard InChI is InChI=1S/C12H26N4.HI/c1-6-9-14-12(13-5)15-10-11(4)16(7-2)8-3;/h6,11H,1,7-10H2,2-5H3,(H2,13,14,15);1H. The number of aliphatic imine (C=N–C) groups is 1. The number of halogens is 1. The Kier molecular flexibility index (Phi) is 13.6. The summed E-state index contributed by atoms with van der Waals surface area (Å²) >= 11 is 0. The Labute approximate surface area is 123 Å². The third kappa shape index (κ3) is 8.43. The van der Waals surface area contributed by atoms with Gasteiger partial charge in [-0.05, 0) is 20.0 Å². The molecule has 0 saturated carbocycles. The molecule has 102 valence electrons. The molecule has 0 fully saturated rings. The molecule has 0 radical (unpaired) electrons. The van der Waals surface area contributed by atoms with E-state index in [4.69, 9.17) is 0 Å². The van der Waals surface area contributed by atoms with Gasteiger partial charge in [0.05, 0.1) is 0 Å². The lowest BCUT2D eigenvalue weighted by molar-refractivity contribution is 0.231. The molecule has 0 aromatic rings. The normalized spacial score (nSPS) is 12.9. The lowest BCUT2D eigenvalue weighted by Crippen LogP contribution is -2.45. The Balaban J connectivity index is 0. The minimum Gasteiger partial charge on any atom is -0.355 e. The predicted molar refractivity (Wildman–Crippen MR) is 87.4 cm³/mol. The van der Waals surface area contributed by atoms with Crippen molar-refractivity contribution < 1.29 is 0 Å². The van der Waals surface area contributed by atoms with Crippen LogP contribution in [-0.2, 0) is 0 Å². The highest BCUT2D eigenvalue weighted by molar-refractivity contribution is 14.0. The SMILES string of the molecule is C=CCNC(=NC)NCC(C)N(CC)CC.I. The van der Waals surface area contributed by atoms with Gasteiger partial charge in [-0.25, -0.2) is 0 Å². The Morgan fingerprint density at radius 1 is 1.35 bits per heavy atom. The largest absolute Gasteiger partial charge is 0.355 e. The zero-order valence-corrected chi connectivity index (χ0v) is 13.8. The molecule has 0 aliphatic heterocycles. The summed E-state index contributed by atoms with van der Waals surface area (Å²) < 4.78 is 0. The van der Waals surface area contributed by atoms with Crippen molar-refractivity contribution in [2.24, 2.45) is 4.99 Å². The topological polar surface area (TPSA) is 39.7 Å². The van der Waals surface area contributed by atoms with Crippen LogP contribution in [0.25, 0.3) is 0 Å². The van der Waals surface area contributed by atoms with Gasteiger partial charge in [0.15, 0.2) is 5.96 Å². The molecule has 0 bridgehead atoms. The lowest BCUT2D eigenvalue weighted by Gasteiger charge is -2.27. The third-order valence-electron chi connectivity index (χ3n) is 2.64. The first-order chi connectivity index (χ1) is 7.69. The average molecular weight is 354 g/mol. The van der Waals surface area contributed by atoms with Crippen LogP contribution < -0.4 is 10.6 Å². The molecule has 0 heterocycles. The smallest absolute Gasteiger partial charge is 0.191 e. The summed E-state index contributed by atoms with van der Waals surface area (Å²) in [5.41, 5.74) is 0. The summed E-state index contributed by atoms with van der Waals surface area (Å²) in [5, 5.41) is 6.45. The van der Waals surface area contributed by atoms with Gasteiger partial charge < -0.3 is 10.6 Å². The summed E-state index contributed by atoms with van der Waals surface area (Å²) in [6, 6.07) is 0.511. The molecule has 0 aliphatic rings. The van der Waals surface area contributed by atoms with Gasteiger partial charge in [0, 0.05) is 26.2 Å². The first-order valence-electron chi connectivity index (χ1n) is 5.98. The number of rotatable bonds is 7. The van der Waals surface area contributed by atoms with Crippen molar-refractivity contribution in [2.75, 3.05) is 33.2 Å². The van der Waals surface area contributed by atoms with E-state index in [0.29, 0.717) is 6.04 Å². The second-order valence-corrected chi connectivity index (χ2v) is 3.69. The monoisotopic (exact) mass is 354 g/mol. The van der Waals surface area contributed by atoms with Gasteiger partial charge in [-0.3, -0.25) is 9.89 Å². The van der Waals surface area contributed by atoms with Crippen LogP contribution in [0.1, 0.15) is 20.8 Å². The summed E-state index contributed by atoms with van der Waals surface area (Å²) in [6.45, 7) is 14.1. The molecule has 0 amide bonds. The number of nitrogens with one attached hydrogen (secondary N) is 2. The Bertz CT molecular complexity index is 215. The molecule has 0 aromatic carbocycles. The fraction of sp³-hybridized carbons (Fsp3) is 0.750. The second-order valence-electron chi connectivity index (χ2n) is 3.69. The van der Waals surface area contributed by atoms with E-state index in [1.807, 2.05) is 6.08 Å². The number of hydrogen-bond acceptors (Lipinski definition) is 2. The van der Waals surface area contributed by atoms with Gasteiger partial charge >= 0.3 is 0 Å². The second kappa shape index (κ2) is 12.2. The van der Waals surface area contributed by atoms with Gasteiger partial charge in [-0.15, -0.1) is 30.6 Å². The molecule has 5 heteroatoms. The van der Waals surface area contributed by atoms with E-state index < -0.39 is 0 Å². The minimum atomic E-state index is 0. The maximum atomic E-state index is 4.14. The van der Waals surface area contributed by atoms with E-state index >= 15 is 0 Å². The molecule has 0 aliphatic carbocycles. The Morgan fingerprint density at radius 3 is 2.35 bits per heavy atom. The van der Waals surface area contributed by atoms with Crippen LogP contribution in [0.2, 0.25) is 0 Å². The van der Waals surface area contributed by atoms with Crippen molar-refractivity contribution >= 4 is 29.9 Å². The summed E-state index contributed by atoms with van der Waals surface area (Å²) in [5.74, 6) is 0.832. The fourth-order valence-electron chi connectivity index (χ4n) is 1.61. The number of nitrogens with zero attached hydrogens (tertiary/aromatic N) is 2. The van der Waals surface area contributed by atoms with E-state index in [0.717, 1.165) is 32.1 Å². The van der Waals surface area contributed by atoms with Crippen molar-refractivity contribution in [3.05, 3.63) is 12.7 Å². The number of guanidine groups is 1. The summed E-state index contributed by atoms with van der Waals surface area (Å²) in [6.07, 6.45) is 1.82. The first kappa shape index (κ1) is 19.0. The molecule has 0 aromatic heterocycles. The zero-order chi connectivity index (χ0) is 12.4. The van der Waals surface area contributed by atoms with Gasteiger partial charge in [0.2, 0.25) is 0 Å². The molecule has 1 unspecified atom stereocenters. The van der Waals surface area contributed by atoms with Gasteiger partial charge in [0.25, 0.3) is 0 Å². The number of hydrogen-bond donors (Lipinski definition) is 2. The highest BCUT2D eigenvalue weighted by Crippen LogP contribution is 1.95. The van der Waals surface area contributed by atoms with Crippen LogP contribution in [0.3, 0.4) is 0 Å². The molecule has 0 spiro atoms. The Morgan fingerprint density at radius 2 is 1.94 bits per heavy atom. The maximum Gasteiger partial charge on any atom is 0.191 e. The summed E-state index contributed by atoms with van der Waals surface area (Å²) in [7, 11) is 1.78. The third-order valence-corrected chi connectivity index (χ3v) is 2.64. The fourth-order valence-corrected chi connectivity index (χ4v) is 1.61. The van der Waals surface area contributed by atoms with Gasteiger partial charge in [0.1, 0.15) is 0 Å².